The van der Waals surface area contributed by atoms with Crippen molar-refractivity contribution < 1.29 is 4.39 Å². The summed E-state index contributed by atoms with van der Waals surface area (Å²) >= 11 is 3.41. The monoisotopic (exact) mass is 315 g/mol. The molecular weight excluding hydrogens is 293 g/mol. The minimum atomic E-state index is -0.193. The zero-order valence-corrected chi connectivity index (χ0v) is 12.9. The third-order valence-corrected chi connectivity index (χ3v) is 3.88. The number of hydrogen-bond donors (Lipinski definition) is 1. The zero-order valence-electron chi connectivity index (χ0n) is 11.3. The highest BCUT2D eigenvalue weighted by Gasteiger charge is 2.08. The predicted octanol–water partition coefficient (Wildman–Crippen LogP) is 5.04. The Hall–Kier alpha value is -0.410. The molecule has 1 aromatic carbocycles. The van der Waals surface area contributed by atoms with Crippen molar-refractivity contribution in [2.75, 3.05) is 0 Å². The maximum atomic E-state index is 13.0. The Kier molecular flexibility index (Phi) is 7.52. The number of hydrogen-bond acceptors (Lipinski definition) is 1. The van der Waals surface area contributed by atoms with Crippen LogP contribution in [-0.2, 0) is 6.54 Å². The van der Waals surface area contributed by atoms with Crippen molar-refractivity contribution in [1.82, 2.24) is 5.32 Å². The SMILES string of the molecule is CCCCC(CCC)NCc1ccc(F)cc1Br. The molecule has 0 aromatic heterocycles. The van der Waals surface area contributed by atoms with Crippen LogP contribution in [0.15, 0.2) is 22.7 Å². The Morgan fingerprint density at radius 1 is 1.22 bits per heavy atom. The van der Waals surface area contributed by atoms with Crippen LogP contribution < -0.4 is 5.32 Å². The van der Waals surface area contributed by atoms with Crippen LogP contribution in [0, 0.1) is 5.82 Å². The van der Waals surface area contributed by atoms with E-state index < -0.39 is 0 Å². The van der Waals surface area contributed by atoms with Crippen LogP contribution in [-0.4, -0.2) is 6.04 Å². The lowest BCUT2D eigenvalue weighted by Crippen LogP contribution is -2.28. The van der Waals surface area contributed by atoms with Crippen LogP contribution >= 0.6 is 15.9 Å². The summed E-state index contributed by atoms with van der Waals surface area (Å²) in [5.74, 6) is -0.193. The van der Waals surface area contributed by atoms with Gasteiger partial charge in [0.15, 0.2) is 0 Å². The first-order chi connectivity index (χ1) is 8.67. The van der Waals surface area contributed by atoms with Gasteiger partial charge in [-0.05, 0) is 30.5 Å². The molecule has 1 N–H and O–H groups in total. The molecule has 1 unspecified atom stereocenters. The fourth-order valence-corrected chi connectivity index (χ4v) is 2.56. The fraction of sp³-hybridized carbons (Fsp3) is 0.600. The van der Waals surface area contributed by atoms with E-state index in [-0.39, 0.29) is 5.82 Å². The van der Waals surface area contributed by atoms with E-state index in [0.29, 0.717) is 6.04 Å². The van der Waals surface area contributed by atoms with Crippen molar-refractivity contribution in [2.24, 2.45) is 0 Å². The van der Waals surface area contributed by atoms with Crippen molar-refractivity contribution in [3.8, 4) is 0 Å². The number of nitrogens with one attached hydrogen (secondary N) is 1. The van der Waals surface area contributed by atoms with E-state index in [1.165, 1.54) is 44.2 Å². The molecule has 1 aromatic rings. The minimum Gasteiger partial charge on any atom is -0.310 e. The Labute approximate surface area is 118 Å². The topological polar surface area (TPSA) is 12.0 Å². The Bertz CT molecular complexity index is 354. The maximum Gasteiger partial charge on any atom is 0.124 e. The van der Waals surface area contributed by atoms with Gasteiger partial charge in [0.1, 0.15) is 5.82 Å². The van der Waals surface area contributed by atoms with Crippen molar-refractivity contribution in [1.29, 1.82) is 0 Å². The summed E-state index contributed by atoms with van der Waals surface area (Å²) in [4.78, 5) is 0. The van der Waals surface area contributed by atoms with E-state index in [9.17, 15) is 4.39 Å². The van der Waals surface area contributed by atoms with Gasteiger partial charge in [0, 0.05) is 17.1 Å². The molecule has 102 valence electrons. The van der Waals surface area contributed by atoms with Crippen LogP contribution in [0.1, 0.15) is 51.5 Å². The first-order valence-electron chi connectivity index (χ1n) is 6.84. The highest BCUT2D eigenvalue weighted by atomic mass is 79.9. The standard InChI is InChI=1S/C15H23BrFN/c1-3-5-7-14(6-4-2)18-11-12-8-9-13(17)10-15(12)16/h8-10,14,18H,3-7,11H2,1-2H3. The third kappa shape index (κ3) is 5.49. The van der Waals surface area contributed by atoms with Crippen molar-refractivity contribution in [2.45, 2.75) is 58.5 Å². The van der Waals surface area contributed by atoms with Crippen LogP contribution in [0.25, 0.3) is 0 Å². The van der Waals surface area contributed by atoms with Gasteiger partial charge in [-0.1, -0.05) is 55.1 Å². The summed E-state index contributed by atoms with van der Waals surface area (Å²) < 4.78 is 13.8. The molecule has 0 aliphatic rings. The molecule has 0 heterocycles. The first-order valence-corrected chi connectivity index (χ1v) is 7.64. The normalized spacial score (nSPS) is 12.7. The van der Waals surface area contributed by atoms with Crippen LogP contribution in [0.4, 0.5) is 4.39 Å². The average Bonchev–Trinajstić information content (AvgIpc) is 2.34. The number of unbranched alkanes of at least 4 members (excludes halogenated alkanes) is 1. The molecule has 0 fully saturated rings. The first kappa shape index (κ1) is 15.6. The van der Waals surface area contributed by atoms with E-state index in [4.69, 9.17) is 0 Å². The second-order valence-electron chi connectivity index (χ2n) is 4.74. The lowest BCUT2D eigenvalue weighted by Gasteiger charge is -2.18. The summed E-state index contributed by atoms with van der Waals surface area (Å²) in [5.41, 5.74) is 1.12. The van der Waals surface area contributed by atoms with Crippen molar-refractivity contribution >= 4 is 15.9 Å². The summed E-state index contributed by atoms with van der Waals surface area (Å²) in [6.07, 6.45) is 6.14. The van der Waals surface area contributed by atoms with Gasteiger partial charge in [-0.25, -0.2) is 4.39 Å². The molecule has 0 spiro atoms. The highest BCUT2D eigenvalue weighted by molar-refractivity contribution is 9.10. The van der Waals surface area contributed by atoms with Gasteiger partial charge in [-0.3, -0.25) is 0 Å². The number of halogens is 2. The highest BCUT2D eigenvalue weighted by Crippen LogP contribution is 2.18. The van der Waals surface area contributed by atoms with Crippen LogP contribution in [0.5, 0.6) is 0 Å². The minimum absolute atomic E-state index is 0.193. The molecule has 0 radical (unpaired) electrons. The molecule has 1 atom stereocenters. The number of benzene rings is 1. The van der Waals surface area contributed by atoms with E-state index in [1.54, 1.807) is 0 Å². The van der Waals surface area contributed by atoms with E-state index in [2.05, 4.69) is 35.1 Å². The summed E-state index contributed by atoms with van der Waals surface area (Å²) in [5, 5.41) is 3.58. The number of rotatable bonds is 8. The molecule has 0 aliphatic carbocycles. The second-order valence-corrected chi connectivity index (χ2v) is 5.60. The van der Waals surface area contributed by atoms with Gasteiger partial charge in [0.05, 0.1) is 0 Å². The summed E-state index contributed by atoms with van der Waals surface area (Å²) in [7, 11) is 0. The molecule has 3 heteroatoms. The quantitative estimate of drug-likeness (QED) is 0.709. The van der Waals surface area contributed by atoms with E-state index in [1.807, 2.05) is 6.07 Å². The lowest BCUT2D eigenvalue weighted by molar-refractivity contribution is 0.433. The van der Waals surface area contributed by atoms with Crippen LogP contribution in [0.2, 0.25) is 0 Å². The Morgan fingerprint density at radius 2 is 2.00 bits per heavy atom. The molecular formula is C15H23BrFN. The molecule has 0 aliphatic heterocycles. The molecule has 0 amide bonds. The van der Waals surface area contributed by atoms with Gasteiger partial charge < -0.3 is 5.32 Å². The van der Waals surface area contributed by atoms with Gasteiger partial charge in [-0.2, -0.15) is 0 Å². The van der Waals surface area contributed by atoms with Gasteiger partial charge in [0.2, 0.25) is 0 Å². The molecule has 0 bridgehead atoms. The molecule has 1 nitrogen and oxygen atoms in total. The van der Waals surface area contributed by atoms with Crippen LogP contribution in [0.3, 0.4) is 0 Å². The zero-order chi connectivity index (χ0) is 13.4. The Morgan fingerprint density at radius 3 is 2.61 bits per heavy atom. The van der Waals surface area contributed by atoms with Crippen molar-refractivity contribution in [3.05, 3.63) is 34.1 Å². The van der Waals surface area contributed by atoms with Gasteiger partial charge >= 0.3 is 0 Å². The lowest BCUT2D eigenvalue weighted by atomic mass is 10.0. The second kappa shape index (κ2) is 8.65. The van der Waals surface area contributed by atoms with E-state index >= 15 is 0 Å². The van der Waals surface area contributed by atoms with E-state index in [0.717, 1.165) is 16.6 Å². The summed E-state index contributed by atoms with van der Waals surface area (Å²) in [6.45, 7) is 5.24. The molecule has 0 saturated heterocycles. The molecule has 0 saturated carbocycles. The average molecular weight is 316 g/mol. The fourth-order valence-electron chi connectivity index (χ4n) is 2.07. The largest absolute Gasteiger partial charge is 0.310 e. The molecule has 1 rings (SSSR count). The van der Waals surface area contributed by atoms with Crippen molar-refractivity contribution in [3.63, 3.8) is 0 Å². The Balaban J connectivity index is 2.49. The summed E-state index contributed by atoms with van der Waals surface area (Å²) in [6, 6.07) is 5.46. The van der Waals surface area contributed by atoms with Gasteiger partial charge in [0.25, 0.3) is 0 Å². The predicted molar refractivity (Wildman–Crippen MR) is 79.2 cm³/mol. The maximum absolute atomic E-state index is 13.0. The third-order valence-electron chi connectivity index (χ3n) is 3.14. The van der Waals surface area contributed by atoms with Gasteiger partial charge in [-0.15, -0.1) is 0 Å². The molecule has 18 heavy (non-hydrogen) atoms. The smallest absolute Gasteiger partial charge is 0.124 e.